The minimum Gasteiger partial charge on any atom is -0.337 e. The Kier molecular flexibility index (Phi) is 3.25. The predicted octanol–water partition coefficient (Wildman–Crippen LogP) is 4.07. The number of allylic oxidation sites excluding steroid dienone is 1. The number of aryl methyl sites for hydroxylation is 1. The fraction of sp³-hybridized carbons (Fsp3) is 0.0588. The van der Waals surface area contributed by atoms with E-state index in [-0.39, 0.29) is 5.82 Å². The molecular formula is C17H12FN3. The van der Waals surface area contributed by atoms with E-state index in [0.29, 0.717) is 22.4 Å². The summed E-state index contributed by atoms with van der Waals surface area (Å²) >= 11 is 0. The van der Waals surface area contributed by atoms with Crippen LogP contribution in [-0.4, -0.2) is 9.97 Å². The van der Waals surface area contributed by atoms with Crippen LogP contribution in [0.5, 0.6) is 0 Å². The van der Waals surface area contributed by atoms with Crippen LogP contribution < -0.4 is 0 Å². The summed E-state index contributed by atoms with van der Waals surface area (Å²) in [7, 11) is 0. The first kappa shape index (κ1) is 13.1. The molecule has 0 saturated heterocycles. The molecule has 4 heteroatoms. The quantitative estimate of drug-likeness (QED) is 0.718. The van der Waals surface area contributed by atoms with Crippen molar-refractivity contribution in [2.75, 3.05) is 0 Å². The number of aromatic nitrogens is 2. The molecule has 3 aromatic rings. The fourth-order valence-electron chi connectivity index (χ4n) is 2.09. The number of fused-ring (bicyclic) bond motifs is 1. The molecule has 0 atom stereocenters. The first-order chi connectivity index (χ1) is 10.2. The van der Waals surface area contributed by atoms with E-state index in [1.807, 2.05) is 31.2 Å². The van der Waals surface area contributed by atoms with Crippen LogP contribution in [0.15, 0.2) is 42.5 Å². The van der Waals surface area contributed by atoms with E-state index < -0.39 is 0 Å². The lowest BCUT2D eigenvalue weighted by molar-refractivity contribution is 0.629. The van der Waals surface area contributed by atoms with Crippen molar-refractivity contribution >= 4 is 22.7 Å². The standard InChI is InChI=1S/C17H12FN3/c1-11-2-4-12(5-3-11)8-13(10-19)17-20-15-7-6-14(18)9-16(15)21-17/h2-9H,1H3,(H,20,21)/b13-8-. The third kappa shape index (κ3) is 2.67. The Bertz CT molecular complexity index is 867. The highest BCUT2D eigenvalue weighted by Crippen LogP contribution is 2.20. The van der Waals surface area contributed by atoms with Gasteiger partial charge in [-0.1, -0.05) is 29.8 Å². The molecule has 21 heavy (non-hydrogen) atoms. The summed E-state index contributed by atoms with van der Waals surface area (Å²) in [4.78, 5) is 7.30. The smallest absolute Gasteiger partial charge is 0.149 e. The largest absolute Gasteiger partial charge is 0.337 e. The normalized spacial score (nSPS) is 11.6. The van der Waals surface area contributed by atoms with Crippen LogP contribution in [0, 0.1) is 24.1 Å². The molecule has 1 N–H and O–H groups in total. The van der Waals surface area contributed by atoms with E-state index in [1.165, 1.54) is 12.1 Å². The Morgan fingerprint density at radius 2 is 2.00 bits per heavy atom. The highest BCUT2D eigenvalue weighted by molar-refractivity contribution is 5.90. The number of halogens is 1. The number of hydrogen-bond acceptors (Lipinski definition) is 2. The van der Waals surface area contributed by atoms with Crippen LogP contribution in [-0.2, 0) is 0 Å². The van der Waals surface area contributed by atoms with E-state index in [9.17, 15) is 9.65 Å². The van der Waals surface area contributed by atoms with Gasteiger partial charge in [0.2, 0.25) is 0 Å². The molecule has 102 valence electrons. The maximum Gasteiger partial charge on any atom is 0.149 e. The summed E-state index contributed by atoms with van der Waals surface area (Å²) in [6, 6.07) is 14.3. The number of nitriles is 1. The topological polar surface area (TPSA) is 52.5 Å². The molecule has 0 unspecified atom stereocenters. The minimum absolute atomic E-state index is 0.335. The van der Waals surface area contributed by atoms with Crippen molar-refractivity contribution in [3.05, 3.63) is 65.2 Å². The summed E-state index contributed by atoms with van der Waals surface area (Å²) in [5.41, 5.74) is 3.70. The SMILES string of the molecule is Cc1ccc(/C=C(/C#N)c2nc3ccc(F)cc3[nH]2)cc1. The maximum absolute atomic E-state index is 13.2. The van der Waals surface area contributed by atoms with Crippen LogP contribution in [0.25, 0.3) is 22.7 Å². The second kappa shape index (κ2) is 5.22. The number of aromatic amines is 1. The molecular weight excluding hydrogens is 265 g/mol. The third-order valence-electron chi connectivity index (χ3n) is 3.21. The molecule has 0 aliphatic heterocycles. The highest BCUT2D eigenvalue weighted by Gasteiger charge is 2.08. The van der Waals surface area contributed by atoms with Crippen LogP contribution in [0.3, 0.4) is 0 Å². The molecule has 2 aromatic carbocycles. The van der Waals surface area contributed by atoms with Gasteiger partial charge in [0.15, 0.2) is 0 Å². The lowest BCUT2D eigenvalue weighted by atomic mass is 10.1. The number of H-pyrrole nitrogens is 1. The Morgan fingerprint density at radius 3 is 2.71 bits per heavy atom. The second-order valence-electron chi connectivity index (χ2n) is 4.83. The number of benzene rings is 2. The number of imidazole rings is 1. The first-order valence-corrected chi connectivity index (χ1v) is 6.50. The minimum atomic E-state index is -0.335. The average Bonchev–Trinajstić information content (AvgIpc) is 2.89. The summed E-state index contributed by atoms with van der Waals surface area (Å²) in [6.45, 7) is 2.01. The number of rotatable bonds is 2. The van der Waals surface area contributed by atoms with Gasteiger partial charge < -0.3 is 4.98 Å². The van der Waals surface area contributed by atoms with Gasteiger partial charge >= 0.3 is 0 Å². The van der Waals surface area contributed by atoms with E-state index in [2.05, 4.69) is 16.0 Å². The van der Waals surface area contributed by atoms with Crippen molar-refractivity contribution in [2.45, 2.75) is 6.92 Å². The maximum atomic E-state index is 13.2. The van der Waals surface area contributed by atoms with E-state index in [4.69, 9.17) is 0 Å². The van der Waals surface area contributed by atoms with Gasteiger partial charge in [0, 0.05) is 0 Å². The van der Waals surface area contributed by atoms with Crippen molar-refractivity contribution in [2.24, 2.45) is 0 Å². The third-order valence-corrected chi connectivity index (χ3v) is 3.21. The molecule has 3 rings (SSSR count). The van der Waals surface area contributed by atoms with Crippen LogP contribution in [0.1, 0.15) is 17.0 Å². The Labute approximate surface area is 121 Å². The molecule has 0 bridgehead atoms. The van der Waals surface area contributed by atoms with Gasteiger partial charge in [0.1, 0.15) is 17.7 Å². The van der Waals surface area contributed by atoms with Gasteiger partial charge in [-0.15, -0.1) is 0 Å². The van der Waals surface area contributed by atoms with Crippen LogP contribution in [0.2, 0.25) is 0 Å². The van der Waals surface area contributed by atoms with Crippen LogP contribution >= 0.6 is 0 Å². The molecule has 0 amide bonds. The van der Waals surface area contributed by atoms with Crippen LogP contribution in [0.4, 0.5) is 4.39 Å². The molecule has 1 aromatic heterocycles. The van der Waals surface area contributed by atoms with Gasteiger partial charge in [-0.2, -0.15) is 5.26 Å². The van der Waals surface area contributed by atoms with Crippen molar-refractivity contribution < 1.29 is 4.39 Å². The zero-order chi connectivity index (χ0) is 14.8. The zero-order valence-corrected chi connectivity index (χ0v) is 11.4. The molecule has 0 radical (unpaired) electrons. The lowest BCUT2D eigenvalue weighted by Crippen LogP contribution is -1.85. The molecule has 0 fully saturated rings. The number of nitrogens with zero attached hydrogens (tertiary/aromatic N) is 2. The molecule has 3 nitrogen and oxygen atoms in total. The lowest BCUT2D eigenvalue weighted by Gasteiger charge is -1.96. The van der Waals surface area contributed by atoms with E-state index >= 15 is 0 Å². The highest BCUT2D eigenvalue weighted by atomic mass is 19.1. The molecule has 0 spiro atoms. The van der Waals surface area contributed by atoms with Gasteiger partial charge in [-0.3, -0.25) is 0 Å². The van der Waals surface area contributed by atoms with Gasteiger partial charge in [0.05, 0.1) is 16.6 Å². The Hall–Kier alpha value is -2.93. The Morgan fingerprint density at radius 1 is 1.24 bits per heavy atom. The molecule has 0 aliphatic rings. The number of nitrogens with one attached hydrogen (secondary N) is 1. The summed E-state index contributed by atoms with van der Waals surface area (Å²) in [5, 5.41) is 9.32. The second-order valence-corrected chi connectivity index (χ2v) is 4.83. The molecule has 1 heterocycles. The van der Waals surface area contributed by atoms with Gasteiger partial charge in [-0.25, -0.2) is 9.37 Å². The predicted molar refractivity (Wildman–Crippen MR) is 80.7 cm³/mol. The fourth-order valence-corrected chi connectivity index (χ4v) is 2.09. The van der Waals surface area contributed by atoms with Gasteiger partial charge in [0.25, 0.3) is 0 Å². The monoisotopic (exact) mass is 277 g/mol. The first-order valence-electron chi connectivity index (χ1n) is 6.50. The van der Waals surface area contributed by atoms with Crippen molar-refractivity contribution in [3.63, 3.8) is 0 Å². The van der Waals surface area contributed by atoms with Crippen molar-refractivity contribution in [1.82, 2.24) is 9.97 Å². The van der Waals surface area contributed by atoms with Gasteiger partial charge in [-0.05, 0) is 36.8 Å². The summed E-state index contributed by atoms with van der Waals surface area (Å²) < 4.78 is 13.2. The van der Waals surface area contributed by atoms with E-state index in [0.717, 1.165) is 11.1 Å². The summed E-state index contributed by atoms with van der Waals surface area (Å²) in [5.74, 6) is 0.109. The summed E-state index contributed by atoms with van der Waals surface area (Å²) in [6.07, 6.45) is 1.76. The van der Waals surface area contributed by atoms with Crippen molar-refractivity contribution in [3.8, 4) is 6.07 Å². The molecule has 0 saturated carbocycles. The number of hydrogen-bond donors (Lipinski definition) is 1. The Balaban J connectivity index is 2.05. The average molecular weight is 277 g/mol. The zero-order valence-electron chi connectivity index (χ0n) is 11.4. The molecule has 0 aliphatic carbocycles. The van der Waals surface area contributed by atoms with Crippen molar-refractivity contribution in [1.29, 1.82) is 5.26 Å². The van der Waals surface area contributed by atoms with E-state index in [1.54, 1.807) is 12.1 Å².